The minimum atomic E-state index is -0.817. The van der Waals surface area contributed by atoms with Gasteiger partial charge in [0, 0.05) is 4.88 Å². The first-order chi connectivity index (χ1) is 15.2. The number of rotatable bonds is 7. The summed E-state index contributed by atoms with van der Waals surface area (Å²) < 4.78 is 15.4. The zero-order valence-corrected chi connectivity index (χ0v) is 18.3. The Morgan fingerprint density at radius 3 is 2.62 bits per heavy atom. The summed E-state index contributed by atoms with van der Waals surface area (Å²) in [4.78, 5) is 36.7. The predicted molar refractivity (Wildman–Crippen MR) is 116 cm³/mol. The first kappa shape index (κ1) is 22.8. The van der Waals surface area contributed by atoms with Gasteiger partial charge in [0.1, 0.15) is 16.6 Å². The lowest BCUT2D eigenvalue weighted by Crippen LogP contribution is -2.15. The fourth-order valence-electron chi connectivity index (χ4n) is 2.84. The van der Waals surface area contributed by atoms with Gasteiger partial charge in [-0.05, 0) is 31.1 Å². The zero-order valence-electron chi connectivity index (χ0n) is 17.5. The molecule has 0 bridgehead atoms. The molecule has 10 nitrogen and oxygen atoms in total. The number of thiophene rings is 1. The van der Waals surface area contributed by atoms with E-state index >= 15 is 0 Å². The van der Waals surface area contributed by atoms with Gasteiger partial charge in [0.05, 0.1) is 28.7 Å². The smallest absolute Gasteiger partial charge is 0.341 e. The van der Waals surface area contributed by atoms with Crippen LogP contribution in [0.2, 0.25) is 0 Å². The highest BCUT2D eigenvalue weighted by molar-refractivity contribution is 7.16. The summed E-state index contributed by atoms with van der Waals surface area (Å²) in [6.45, 7) is 5.62. The van der Waals surface area contributed by atoms with Gasteiger partial charge in [-0.25, -0.2) is 4.79 Å². The number of amides is 1. The zero-order chi connectivity index (χ0) is 23.4. The Morgan fingerprint density at radius 1 is 1.34 bits per heavy atom. The van der Waals surface area contributed by atoms with Crippen molar-refractivity contribution in [1.29, 1.82) is 5.26 Å². The number of nitrogens with one attached hydrogen (secondary N) is 1. The van der Waals surface area contributed by atoms with Gasteiger partial charge < -0.3 is 19.5 Å². The van der Waals surface area contributed by atoms with Crippen LogP contribution in [0.5, 0.6) is 11.5 Å². The number of hydrogen-bond acceptors (Lipinski definition) is 9. The molecule has 0 aliphatic carbocycles. The first-order valence-electron chi connectivity index (χ1n) is 9.57. The molecule has 0 spiro atoms. The fraction of sp³-hybridized carbons (Fsp3) is 0.286. The van der Waals surface area contributed by atoms with Crippen LogP contribution >= 0.6 is 11.3 Å². The summed E-state index contributed by atoms with van der Waals surface area (Å²) in [5.41, 5.74) is -0.549. The van der Waals surface area contributed by atoms with Crippen molar-refractivity contribution in [3.8, 4) is 17.6 Å². The van der Waals surface area contributed by atoms with E-state index < -0.39 is 16.8 Å². The second-order valence-corrected chi connectivity index (χ2v) is 8.00. The lowest BCUT2D eigenvalue weighted by Gasteiger charge is -2.06. The van der Waals surface area contributed by atoms with Crippen LogP contribution in [-0.4, -0.2) is 30.2 Å². The Balaban J connectivity index is 1.96. The quantitative estimate of drug-likeness (QED) is 0.214. The molecule has 0 radical (unpaired) electrons. The number of benzene rings is 1. The van der Waals surface area contributed by atoms with Gasteiger partial charge in [0.2, 0.25) is 6.79 Å². The number of carbonyl (C=O) groups is 2. The molecule has 11 heteroatoms. The van der Waals surface area contributed by atoms with Gasteiger partial charge in [-0.2, -0.15) is 5.26 Å². The topological polar surface area (TPSA) is 141 Å². The van der Waals surface area contributed by atoms with Gasteiger partial charge in [0.15, 0.2) is 11.5 Å². The molecule has 3 rings (SSSR count). The number of nitro benzene ring substituents is 1. The number of nitro groups is 1. The van der Waals surface area contributed by atoms with Crippen LogP contribution in [0, 0.1) is 21.4 Å². The van der Waals surface area contributed by atoms with E-state index in [9.17, 15) is 25.0 Å². The standard InChI is InChI=1S/C21H19N3O7S/c1-4-29-21(26)14-7-18(11(2)3)32-20(14)23-19(25)13(9-22)5-12-6-16-17(31-10-30-16)8-15(12)24(27)28/h5-8,11H,4,10H2,1-3H3,(H,23,25)/b13-5+. The van der Waals surface area contributed by atoms with Crippen molar-refractivity contribution in [2.24, 2.45) is 0 Å². The van der Waals surface area contributed by atoms with Crippen LogP contribution in [0.4, 0.5) is 10.7 Å². The third-order valence-corrected chi connectivity index (χ3v) is 5.78. The summed E-state index contributed by atoms with van der Waals surface area (Å²) in [5.74, 6) is -0.845. The second kappa shape index (κ2) is 9.49. The van der Waals surface area contributed by atoms with Crippen LogP contribution in [0.1, 0.15) is 47.5 Å². The Kier molecular flexibility index (Phi) is 6.75. The molecule has 0 fully saturated rings. The Morgan fingerprint density at radius 2 is 2.03 bits per heavy atom. The predicted octanol–water partition coefficient (Wildman–Crippen LogP) is 4.23. The maximum absolute atomic E-state index is 12.8. The molecule has 1 aromatic carbocycles. The van der Waals surface area contributed by atoms with Crippen molar-refractivity contribution in [2.45, 2.75) is 26.7 Å². The molecular formula is C21H19N3O7S. The van der Waals surface area contributed by atoms with Crippen molar-refractivity contribution >= 4 is 40.0 Å². The molecule has 2 heterocycles. The molecule has 166 valence electrons. The first-order valence-corrected chi connectivity index (χ1v) is 10.4. The molecule has 0 saturated carbocycles. The Hall–Kier alpha value is -3.91. The number of anilines is 1. The number of carbonyl (C=O) groups excluding carboxylic acids is 2. The fourth-order valence-corrected chi connectivity index (χ4v) is 3.89. The van der Waals surface area contributed by atoms with E-state index in [0.29, 0.717) is 0 Å². The second-order valence-electron chi connectivity index (χ2n) is 6.91. The van der Waals surface area contributed by atoms with E-state index in [2.05, 4.69) is 5.32 Å². The van der Waals surface area contributed by atoms with Crippen molar-refractivity contribution < 1.29 is 28.7 Å². The average Bonchev–Trinajstić information content (AvgIpc) is 3.37. The van der Waals surface area contributed by atoms with E-state index in [0.717, 1.165) is 11.0 Å². The Labute approximate surface area is 187 Å². The van der Waals surface area contributed by atoms with Crippen LogP contribution in [0.25, 0.3) is 6.08 Å². The molecular weight excluding hydrogens is 438 g/mol. The van der Waals surface area contributed by atoms with Gasteiger partial charge >= 0.3 is 5.97 Å². The number of nitriles is 1. The van der Waals surface area contributed by atoms with Gasteiger partial charge in [-0.15, -0.1) is 11.3 Å². The largest absolute Gasteiger partial charge is 0.462 e. The van der Waals surface area contributed by atoms with Crippen molar-refractivity contribution in [3.05, 3.63) is 49.9 Å². The van der Waals surface area contributed by atoms with E-state index in [-0.39, 0.29) is 58.2 Å². The molecule has 1 amide bonds. The molecule has 32 heavy (non-hydrogen) atoms. The molecule has 1 aliphatic heterocycles. The van der Waals surface area contributed by atoms with Crippen molar-refractivity contribution in [1.82, 2.24) is 0 Å². The van der Waals surface area contributed by atoms with Gasteiger partial charge in [-0.1, -0.05) is 13.8 Å². The highest BCUT2D eigenvalue weighted by atomic mass is 32.1. The van der Waals surface area contributed by atoms with Gasteiger partial charge in [-0.3, -0.25) is 14.9 Å². The summed E-state index contributed by atoms with van der Waals surface area (Å²) in [6.07, 6.45) is 1.09. The minimum absolute atomic E-state index is 0.00520. The van der Waals surface area contributed by atoms with Crippen LogP contribution in [-0.2, 0) is 9.53 Å². The molecule has 1 aromatic heterocycles. The number of ether oxygens (including phenoxy) is 3. The molecule has 0 unspecified atom stereocenters. The van der Waals surface area contributed by atoms with E-state index in [1.807, 2.05) is 13.8 Å². The number of hydrogen-bond donors (Lipinski definition) is 1. The lowest BCUT2D eigenvalue weighted by molar-refractivity contribution is -0.385. The summed E-state index contributed by atoms with van der Waals surface area (Å²) in [6, 6.07) is 5.90. The van der Waals surface area contributed by atoms with Crippen LogP contribution < -0.4 is 14.8 Å². The molecule has 0 saturated heterocycles. The molecule has 1 aliphatic rings. The maximum atomic E-state index is 12.8. The van der Waals surface area contributed by atoms with E-state index in [1.54, 1.807) is 19.1 Å². The third-order valence-electron chi connectivity index (χ3n) is 4.43. The van der Waals surface area contributed by atoms with Crippen LogP contribution in [0.15, 0.2) is 23.8 Å². The number of esters is 1. The molecule has 0 atom stereocenters. The monoisotopic (exact) mass is 457 g/mol. The molecule has 1 N–H and O–H groups in total. The number of nitrogens with zero attached hydrogens (tertiary/aromatic N) is 2. The highest BCUT2D eigenvalue weighted by Gasteiger charge is 2.25. The Bertz CT molecular complexity index is 1160. The summed E-state index contributed by atoms with van der Waals surface area (Å²) in [7, 11) is 0. The van der Waals surface area contributed by atoms with Crippen molar-refractivity contribution in [3.63, 3.8) is 0 Å². The van der Waals surface area contributed by atoms with E-state index in [1.165, 1.54) is 23.5 Å². The summed E-state index contributed by atoms with van der Waals surface area (Å²) >= 11 is 1.19. The average molecular weight is 457 g/mol. The highest BCUT2D eigenvalue weighted by Crippen LogP contribution is 2.39. The normalized spacial score (nSPS) is 12.4. The van der Waals surface area contributed by atoms with E-state index in [4.69, 9.17) is 14.2 Å². The molecule has 2 aromatic rings. The van der Waals surface area contributed by atoms with Gasteiger partial charge in [0.25, 0.3) is 11.6 Å². The lowest BCUT2D eigenvalue weighted by atomic mass is 10.1. The maximum Gasteiger partial charge on any atom is 0.341 e. The number of fused-ring (bicyclic) bond motifs is 1. The van der Waals surface area contributed by atoms with Crippen LogP contribution in [0.3, 0.4) is 0 Å². The summed E-state index contributed by atoms with van der Waals surface area (Å²) in [5, 5.41) is 23.8. The van der Waals surface area contributed by atoms with Crippen molar-refractivity contribution in [2.75, 3.05) is 18.7 Å². The SMILES string of the molecule is CCOC(=O)c1cc(C(C)C)sc1NC(=O)/C(C#N)=C/c1cc2c(cc1[N+](=O)[O-])OCO2. The third kappa shape index (κ3) is 4.70. The minimum Gasteiger partial charge on any atom is -0.462 e.